The number of rotatable bonds is 2. The molecule has 0 heterocycles. The van der Waals surface area contributed by atoms with Gasteiger partial charge in [-0.15, -0.1) is 0 Å². The molecule has 1 aromatic carbocycles. The lowest BCUT2D eigenvalue weighted by Crippen LogP contribution is -2.16. The Balaban J connectivity index is 2.04. The molecule has 1 heteroatoms. The Morgan fingerprint density at radius 2 is 1.67 bits per heavy atom. The zero-order chi connectivity index (χ0) is 13.0. The topological polar surface area (TPSA) is 9.23 Å². The third-order valence-electron chi connectivity index (χ3n) is 3.81. The van der Waals surface area contributed by atoms with Crippen molar-refractivity contribution in [1.29, 1.82) is 0 Å². The zero-order valence-electron chi connectivity index (χ0n) is 12.0. The SMILES string of the molecule is CC(C)(C)c1cccc(OC2CCCCCC2)c1. The lowest BCUT2D eigenvalue weighted by Gasteiger charge is -2.22. The Kier molecular flexibility index (Phi) is 4.31. The summed E-state index contributed by atoms with van der Waals surface area (Å²) in [5.41, 5.74) is 1.55. The minimum absolute atomic E-state index is 0.197. The molecule has 2 rings (SSSR count). The Labute approximate surface area is 112 Å². The van der Waals surface area contributed by atoms with Gasteiger partial charge in [0.1, 0.15) is 5.75 Å². The molecule has 0 radical (unpaired) electrons. The van der Waals surface area contributed by atoms with Crippen molar-refractivity contribution in [3.8, 4) is 5.75 Å². The van der Waals surface area contributed by atoms with E-state index in [1.807, 2.05) is 0 Å². The summed E-state index contributed by atoms with van der Waals surface area (Å²) >= 11 is 0. The molecule has 0 bridgehead atoms. The van der Waals surface area contributed by atoms with Gasteiger partial charge >= 0.3 is 0 Å². The van der Waals surface area contributed by atoms with E-state index < -0.39 is 0 Å². The van der Waals surface area contributed by atoms with Crippen LogP contribution < -0.4 is 4.74 Å². The van der Waals surface area contributed by atoms with E-state index >= 15 is 0 Å². The molecule has 0 amide bonds. The molecule has 0 unspecified atom stereocenters. The third kappa shape index (κ3) is 3.76. The number of hydrogen-bond acceptors (Lipinski definition) is 1. The zero-order valence-corrected chi connectivity index (χ0v) is 12.0. The Morgan fingerprint density at radius 1 is 1.00 bits per heavy atom. The Hall–Kier alpha value is -0.980. The summed E-state index contributed by atoms with van der Waals surface area (Å²) in [6.07, 6.45) is 8.28. The summed E-state index contributed by atoms with van der Waals surface area (Å²) in [5, 5.41) is 0. The van der Waals surface area contributed by atoms with E-state index in [2.05, 4.69) is 45.0 Å². The molecule has 0 aliphatic heterocycles. The van der Waals surface area contributed by atoms with Gasteiger partial charge in [0.15, 0.2) is 0 Å². The summed E-state index contributed by atoms with van der Waals surface area (Å²) in [7, 11) is 0. The van der Waals surface area contributed by atoms with Crippen molar-refractivity contribution in [1.82, 2.24) is 0 Å². The minimum atomic E-state index is 0.197. The highest BCUT2D eigenvalue weighted by Gasteiger charge is 2.16. The summed E-state index contributed by atoms with van der Waals surface area (Å²) in [6.45, 7) is 6.74. The van der Waals surface area contributed by atoms with E-state index in [9.17, 15) is 0 Å². The van der Waals surface area contributed by atoms with Gasteiger partial charge in [0.05, 0.1) is 6.10 Å². The fourth-order valence-electron chi connectivity index (χ4n) is 2.59. The summed E-state index contributed by atoms with van der Waals surface area (Å²) in [4.78, 5) is 0. The van der Waals surface area contributed by atoms with Crippen molar-refractivity contribution in [2.45, 2.75) is 70.8 Å². The monoisotopic (exact) mass is 246 g/mol. The van der Waals surface area contributed by atoms with Crippen LogP contribution in [0.2, 0.25) is 0 Å². The van der Waals surface area contributed by atoms with Crippen molar-refractivity contribution in [3.05, 3.63) is 29.8 Å². The molecular weight excluding hydrogens is 220 g/mol. The van der Waals surface area contributed by atoms with E-state index in [0.29, 0.717) is 6.10 Å². The van der Waals surface area contributed by atoms with Gasteiger partial charge in [-0.25, -0.2) is 0 Å². The van der Waals surface area contributed by atoms with E-state index in [1.165, 1.54) is 44.1 Å². The molecule has 0 aromatic heterocycles. The van der Waals surface area contributed by atoms with Gasteiger partial charge in [-0.2, -0.15) is 0 Å². The van der Waals surface area contributed by atoms with E-state index in [1.54, 1.807) is 0 Å². The van der Waals surface area contributed by atoms with Crippen molar-refractivity contribution >= 4 is 0 Å². The summed E-state index contributed by atoms with van der Waals surface area (Å²) < 4.78 is 6.17. The van der Waals surface area contributed by atoms with Gasteiger partial charge in [-0.1, -0.05) is 45.7 Å². The normalized spacial score (nSPS) is 18.4. The quantitative estimate of drug-likeness (QED) is 0.661. The fourth-order valence-corrected chi connectivity index (χ4v) is 2.59. The molecule has 0 atom stereocenters. The molecule has 0 N–H and O–H groups in total. The first-order valence-corrected chi connectivity index (χ1v) is 7.33. The van der Waals surface area contributed by atoms with Gasteiger partial charge in [0.2, 0.25) is 0 Å². The van der Waals surface area contributed by atoms with Gasteiger partial charge in [-0.05, 0) is 48.8 Å². The van der Waals surface area contributed by atoms with Gasteiger partial charge < -0.3 is 4.74 Å². The highest BCUT2D eigenvalue weighted by Crippen LogP contribution is 2.28. The van der Waals surface area contributed by atoms with Crippen LogP contribution >= 0.6 is 0 Å². The largest absolute Gasteiger partial charge is 0.490 e. The fraction of sp³-hybridized carbons (Fsp3) is 0.647. The highest BCUT2D eigenvalue weighted by atomic mass is 16.5. The maximum atomic E-state index is 6.17. The first-order chi connectivity index (χ1) is 8.55. The molecule has 0 spiro atoms. The molecule has 1 fully saturated rings. The number of benzene rings is 1. The maximum absolute atomic E-state index is 6.17. The second-order valence-electron chi connectivity index (χ2n) is 6.51. The Morgan fingerprint density at radius 3 is 2.28 bits per heavy atom. The molecule has 1 aliphatic carbocycles. The minimum Gasteiger partial charge on any atom is -0.490 e. The van der Waals surface area contributed by atoms with E-state index in [4.69, 9.17) is 4.74 Å². The molecule has 1 saturated carbocycles. The van der Waals surface area contributed by atoms with Gasteiger partial charge in [0.25, 0.3) is 0 Å². The molecule has 1 aliphatic rings. The standard InChI is InChI=1S/C17H26O/c1-17(2,3)14-9-8-12-16(13-14)18-15-10-6-4-5-7-11-15/h8-9,12-13,15H,4-7,10-11H2,1-3H3. The maximum Gasteiger partial charge on any atom is 0.120 e. The lowest BCUT2D eigenvalue weighted by molar-refractivity contribution is 0.183. The van der Waals surface area contributed by atoms with Crippen LogP contribution in [0.4, 0.5) is 0 Å². The van der Waals surface area contributed by atoms with E-state index in [-0.39, 0.29) is 5.41 Å². The molecule has 100 valence electrons. The highest BCUT2D eigenvalue weighted by molar-refractivity contribution is 5.32. The van der Waals surface area contributed by atoms with Crippen LogP contribution in [0.3, 0.4) is 0 Å². The van der Waals surface area contributed by atoms with Gasteiger partial charge in [0, 0.05) is 0 Å². The third-order valence-corrected chi connectivity index (χ3v) is 3.81. The summed E-state index contributed by atoms with van der Waals surface area (Å²) in [5.74, 6) is 1.05. The van der Waals surface area contributed by atoms with Crippen LogP contribution in [-0.2, 0) is 5.41 Å². The lowest BCUT2D eigenvalue weighted by atomic mass is 9.87. The van der Waals surface area contributed by atoms with Crippen molar-refractivity contribution < 1.29 is 4.74 Å². The van der Waals surface area contributed by atoms with Crippen LogP contribution in [0.5, 0.6) is 5.75 Å². The molecular formula is C17H26O. The second kappa shape index (κ2) is 5.77. The first kappa shape index (κ1) is 13.5. The van der Waals surface area contributed by atoms with Crippen LogP contribution in [-0.4, -0.2) is 6.10 Å². The predicted octanol–water partition coefficient (Wildman–Crippen LogP) is 5.09. The molecule has 0 saturated heterocycles. The number of hydrogen-bond donors (Lipinski definition) is 0. The van der Waals surface area contributed by atoms with Crippen LogP contribution in [0.15, 0.2) is 24.3 Å². The van der Waals surface area contributed by atoms with Crippen molar-refractivity contribution in [3.63, 3.8) is 0 Å². The number of ether oxygens (including phenoxy) is 1. The smallest absolute Gasteiger partial charge is 0.120 e. The molecule has 1 aromatic rings. The molecule has 18 heavy (non-hydrogen) atoms. The average molecular weight is 246 g/mol. The molecule has 1 nitrogen and oxygen atoms in total. The average Bonchev–Trinajstić information content (AvgIpc) is 2.57. The Bertz CT molecular complexity index is 367. The van der Waals surface area contributed by atoms with E-state index in [0.717, 1.165) is 5.75 Å². The van der Waals surface area contributed by atoms with Crippen molar-refractivity contribution in [2.75, 3.05) is 0 Å². The van der Waals surface area contributed by atoms with Crippen LogP contribution in [0.1, 0.15) is 64.9 Å². The van der Waals surface area contributed by atoms with Gasteiger partial charge in [-0.3, -0.25) is 0 Å². The van der Waals surface area contributed by atoms with Crippen molar-refractivity contribution in [2.24, 2.45) is 0 Å². The summed E-state index contributed by atoms with van der Waals surface area (Å²) in [6, 6.07) is 8.62. The van der Waals surface area contributed by atoms with Crippen LogP contribution in [0, 0.1) is 0 Å². The first-order valence-electron chi connectivity index (χ1n) is 7.33. The second-order valence-corrected chi connectivity index (χ2v) is 6.51. The predicted molar refractivity (Wildman–Crippen MR) is 77.3 cm³/mol. The van der Waals surface area contributed by atoms with Crippen LogP contribution in [0.25, 0.3) is 0 Å².